The van der Waals surface area contributed by atoms with Gasteiger partial charge in [-0.1, -0.05) is 42.0 Å². The van der Waals surface area contributed by atoms with Crippen molar-refractivity contribution in [2.24, 2.45) is 4.99 Å². The Morgan fingerprint density at radius 2 is 1.79 bits per heavy atom. The Bertz CT molecular complexity index is 641. The highest BCUT2D eigenvalue weighted by molar-refractivity contribution is 14.0. The Labute approximate surface area is 161 Å². The Kier molecular flexibility index (Phi) is 9.22. The molecule has 2 aromatic rings. The lowest BCUT2D eigenvalue weighted by atomic mass is 10.1. The predicted octanol–water partition coefficient (Wildman–Crippen LogP) is 3.53. The molecule has 0 aliphatic carbocycles. The number of aryl methyl sites for hydroxylation is 1. The molecule has 0 amide bonds. The Morgan fingerprint density at radius 1 is 1.04 bits per heavy atom. The molecule has 0 unspecified atom stereocenters. The zero-order chi connectivity index (χ0) is 16.5. The van der Waals surface area contributed by atoms with Gasteiger partial charge in [0.05, 0.1) is 7.11 Å². The van der Waals surface area contributed by atoms with Gasteiger partial charge in [-0.3, -0.25) is 4.99 Å². The van der Waals surface area contributed by atoms with E-state index in [1.807, 2.05) is 18.2 Å². The van der Waals surface area contributed by atoms with Gasteiger partial charge < -0.3 is 15.4 Å². The van der Waals surface area contributed by atoms with E-state index in [1.54, 1.807) is 14.2 Å². The van der Waals surface area contributed by atoms with Gasteiger partial charge in [0.2, 0.25) is 0 Å². The summed E-state index contributed by atoms with van der Waals surface area (Å²) in [6, 6.07) is 16.6. The van der Waals surface area contributed by atoms with Crippen LogP contribution >= 0.6 is 24.0 Å². The number of methoxy groups -OCH3 is 1. The highest BCUT2D eigenvalue weighted by Crippen LogP contribution is 2.12. The first-order valence-electron chi connectivity index (χ1n) is 7.84. The molecule has 0 heterocycles. The Balaban J connectivity index is 0.00000288. The minimum Gasteiger partial charge on any atom is -0.497 e. The van der Waals surface area contributed by atoms with Gasteiger partial charge in [0, 0.05) is 20.1 Å². The smallest absolute Gasteiger partial charge is 0.191 e. The number of hydrogen-bond acceptors (Lipinski definition) is 2. The van der Waals surface area contributed by atoms with Crippen molar-refractivity contribution in [3.05, 3.63) is 65.2 Å². The Morgan fingerprint density at radius 3 is 2.46 bits per heavy atom. The van der Waals surface area contributed by atoms with Gasteiger partial charge in [0.25, 0.3) is 0 Å². The van der Waals surface area contributed by atoms with Crippen molar-refractivity contribution >= 4 is 29.9 Å². The third-order valence-electron chi connectivity index (χ3n) is 3.64. The molecule has 0 bridgehead atoms. The number of rotatable bonds is 6. The minimum atomic E-state index is 0. The molecule has 0 aliphatic heterocycles. The maximum atomic E-state index is 5.24. The van der Waals surface area contributed by atoms with Gasteiger partial charge in [0.1, 0.15) is 5.75 Å². The molecule has 2 rings (SSSR count). The molecule has 0 saturated carbocycles. The van der Waals surface area contributed by atoms with Crippen molar-refractivity contribution < 1.29 is 4.74 Å². The molecule has 0 spiro atoms. The summed E-state index contributed by atoms with van der Waals surface area (Å²) in [5.41, 5.74) is 3.77. The first-order valence-corrected chi connectivity index (χ1v) is 7.84. The van der Waals surface area contributed by atoms with Crippen LogP contribution in [-0.2, 0) is 13.0 Å². The summed E-state index contributed by atoms with van der Waals surface area (Å²) >= 11 is 0. The van der Waals surface area contributed by atoms with E-state index in [1.165, 1.54) is 11.1 Å². The average molecular weight is 439 g/mol. The lowest BCUT2D eigenvalue weighted by Crippen LogP contribution is -2.37. The third-order valence-corrected chi connectivity index (χ3v) is 3.64. The molecule has 0 fully saturated rings. The van der Waals surface area contributed by atoms with Crippen LogP contribution in [-0.4, -0.2) is 26.7 Å². The van der Waals surface area contributed by atoms with E-state index in [2.05, 4.69) is 52.9 Å². The fourth-order valence-corrected chi connectivity index (χ4v) is 2.27. The van der Waals surface area contributed by atoms with Crippen molar-refractivity contribution in [3.8, 4) is 5.75 Å². The lowest BCUT2D eigenvalue weighted by Gasteiger charge is -2.12. The molecule has 0 saturated heterocycles. The van der Waals surface area contributed by atoms with Crippen LogP contribution < -0.4 is 15.4 Å². The first-order chi connectivity index (χ1) is 11.2. The highest BCUT2D eigenvalue weighted by Gasteiger charge is 2.00. The summed E-state index contributed by atoms with van der Waals surface area (Å²) in [7, 11) is 3.46. The molecule has 0 atom stereocenters. The SMILES string of the molecule is CN=C(NCCc1ccc(C)cc1)NCc1cccc(OC)c1.I. The second-order valence-corrected chi connectivity index (χ2v) is 5.44. The summed E-state index contributed by atoms with van der Waals surface area (Å²) in [6.07, 6.45) is 0.972. The summed E-state index contributed by atoms with van der Waals surface area (Å²) in [5.74, 6) is 1.67. The van der Waals surface area contributed by atoms with Crippen LogP contribution in [0.15, 0.2) is 53.5 Å². The van der Waals surface area contributed by atoms with Crippen LogP contribution in [0.25, 0.3) is 0 Å². The second-order valence-electron chi connectivity index (χ2n) is 5.44. The summed E-state index contributed by atoms with van der Waals surface area (Å²) in [5, 5.41) is 6.65. The van der Waals surface area contributed by atoms with Gasteiger partial charge in [-0.2, -0.15) is 0 Å². The van der Waals surface area contributed by atoms with Gasteiger partial charge in [-0.05, 0) is 36.6 Å². The molecular formula is C19H26IN3O. The van der Waals surface area contributed by atoms with Crippen molar-refractivity contribution in [3.63, 3.8) is 0 Å². The lowest BCUT2D eigenvalue weighted by molar-refractivity contribution is 0.414. The predicted molar refractivity (Wildman–Crippen MR) is 111 cm³/mol. The molecule has 4 nitrogen and oxygen atoms in total. The van der Waals surface area contributed by atoms with Crippen LogP contribution in [0.5, 0.6) is 5.75 Å². The number of nitrogens with one attached hydrogen (secondary N) is 2. The van der Waals surface area contributed by atoms with Crippen LogP contribution in [0.1, 0.15) is 16.7 Å². The van der Waals surface area contributed by atoms with Crippen LogP contribution in [0, 0.1) is 6.92 Å². The third kappa shape index (κ3) is 6.78. The number of guanidine groups is 1. The monoisotopic (exact) mass is 439 g/mol. The number of aliphatic imine (C=N–C) groups is 1. The maximum Gasteiger partial charge on any atom is 0.191 e. The quantitative estimate of drug-likeness (QED) is 0.411. The first kappa shape index (κ1) is 20.3. The number of nitrogens with zero attached hydrogens (tertiary/aromatic N) is 1. The molecule has 130 valence electrons. The van der Waals surface area contributed by atoms with E-state index in [-0.39, 0.29) is 24.0 Å². The van der Waals surface area contributed by atoms with Crippen molar-refractivity contribution in [2.45, 2.75) is 19.9 Å². The molecular weight excluding hydrogens is 413 g/mol. The Hall–Kier alpha value is -1.76. The molecule has 5 heteroatoms. The van der Waals surface area contributed by atoms with E-state index in [9.17, 15) is 0 Å². The number of ether oxygens (including phenoxy) is 1. The number of hydrogen-bond donors (Lipinski definition) is 2. The molecule has 0 radical (unpaired) electrons. The minimum absolute atomic E-state index is 0. The van der Waals surface area contributed by atoms with Gasteiger partial charge in [-0.25, -0.2) is 0 Å². The zero-order valence-electron chi connectivity index (χ0n) is 14.5. The van der Waals surface area contributed by atoms with E-state index in [0.717, 1.165) is 30.2 Å². The van der Waals surface area contributed by atoms with Gasteiger partial charge >= 0.3 is 0 Å². The topological polar surface area (TPSA) is 45.7 Å². The van der Waals surface area contributed by atoms with Crippen molar-refractivity contribution in [1.82, 2.24) is 10.6 Å². The van der Waals surface area contributed by atoms with Gasteiger partial charge in [0.15, 0.2) is 5.96 Å². The summed E-state index contributed by atoms with van der Waals surface area (Å²) in [6.45, 7) is 3.66. The molecule has 0 aliphatic rings. The van der Waals surface area contributed by atoms with Crippen LogP contribution in [0.3, 0.4) is 0 Å². The normalized spacial score (nSPS) is 10.7. The summed E-state index contributed by atoms with van der Waals surface area (Å²) < 4.78 is 5.24. The zero-order valence-corrected chi connectivity index (χ0v) is 16.8. The molecule has 2 N–H and O–H groups in total. The fourth-order valence-electron chi connectivity index (χ4n) is 2.27. The van der Waals surface area contributed by atoms with E-state index < -0.39 is 0 Å². The largest absolute Gasteiger partial charge is 0.497 e. The second kappa shape index (κ2) is 10.9. The molecule has 0 aromatic heterocycles. The molecule has 2 aromatic carbocycles. The van der Waals surface area contributed by atoms with Crippen LogP contribution in [0.2, 0.25) is 0 Å². The average Bonchev–Trinajstić information content (AvgIpc) is 2.59. The maximum absolute atomic E-state index is 5.24. The van der Waals surface area contributed by atoms with Crippen molar-refractivity contribution in [2.75, 3.05) is 20.7 Å². The van der Waals surface area contributed by atoms with E-state index in [0.29, 0.717) is 6.54 Å². The fraction of sp³-hybridized carbons (Fsp3) is 0.316. The van der Waals surface area contributed by atoms with Crippen LogP contribution in [0.4, 0.5) is 0 Å². The standard InChI is InChI=1S/C19H25N3O.HI/c1-15-7-9-16(10-8-15)11-12-21-19(20-2)22-14-17-5-4-6-18(13-17)23-3;/h4-10,13H,11-12,14H2,1-3H3,(H2,20,21,22);1H. The molecule has 24 heavy (non-hydrogen) atoms. The van der Waals surface area contributed by atoms with Crippen molar-refractivity contribution in [1.29, 1.82) is 0 Å². The summed E-state index contributed by atoms with van der Waals surface area (Å²) in [4.78, 5) is 4.25. The van der Waals surface area contributed by atoms with Gasteiger partial charge in [-0.15, -0.1) is 24.0 Å². The van der Waals surface area contributed by atoms with E-state index >= 15 is 0 Å². The highest BCUT2D eigenvalue weighted by atomic mass is 127. The number of benzene rings is 2. The number of halogens is 1. The van der Waals surface area contributed by atoms with E-state index in [4.69, 9.17) is 4.74 Å².